The Labute approximate surface area is 114 Å². The summed E-state index contributed by atoms with van der Waals surface area (Å²) in [6, 6.07) is 4.11. The molecular formula is C14H14F3N3. The van der Waals surface area contributed by atoms with E-state index in [0.29, 0.717) is 11.8 Å². The molecule has 0 spiro atoms. The molecule has 1 heterocycles. The molecule has 3 nitrogen and oxygen atoms in total. The van der Waals surface area contributed by atoms with Gasteiger partial charge in [-0.05, 0) is 49.7 Å². The van der Waals surface area contributed by atoms with Gasteiger partial charge in [0.25, 0.3) is 0 Å². The SMILES string of the molecule is N#Cc1ccc(C(F)(F)F)nc1NC(C1CC1)C1CC1. The lowest BCUT2D eigenvalue weighted by molar-refractivity contribution is -0.141. The number of nitrogens with one attached hydrogen (secondary N) is 1. The number of hydrogen-bond donors (Lipinski definition) is 1. The number of anilines is 1. The third-order valence-corrected chi connectivity index (χ3v) is 3.87. The number of aromatic nitrogens is 1. The monoisotopic (exact) mass is 281 g/mol. The van der Waals surface area contributed by atoms with E-state index in [1.807, 2.05) is 6.07 Å². The zero-order chi connectivity index (χ0) is 14.3. The summed E-state index contributed by atoms with van der Waals surface area (Å²) in [6.45, 7) is 0. The second kappa shape index (κ2) is 4.65. The zero-order valence-electron chi connectivity index (χ0n) is 10.7. The van der Waals surface area contributed by atoms with Gasteiger partial charge in [-0.25, -0.2) is 4.98 Å². The summed E-state index contributed by atoms with van der Waals surface area (Å²) in [6.07, 6.45) is -0.0624. The van der Waals surface area contributed by atoms with Crippen molar-refractivity contribution in [3.8, 4) is 6.07 Å². The van der Waals surface area contributed by atoms with Crippen LogP contribution in [0.3, 0.4) is 0 Å². The van der Waals surface area contributed by atoms with Crippen LogP contribution in [0.5, 0.6) is 0 Å². The Kier molecular flexibility index (Phi) is 3.08. The van der Waals surface area contributed by atoms with Gasteiger partial charge in [-0.15, -0.1) is 0 Å². The van der Waals surface area contributed by atoms with E-state index in [-0.39, 0.29) is 17.4 Å². The van der Waals surface area contributed by atoms with Gasteiger partial charge < -0.3 is 5.32 Å². The number of pyridine rings is 1. The van der Waals surface area contributed by atoms with Crippen molar-refractivity contribution < 1.29 is 13.2 Å². The fourth-order valence-corrected chi connectivity index (χ4v) is 2.51. The Balaban J connectivity index is 1.88. The van der Waals surface area contributed by atoms with Crippen LogP contribution in [0.1, 0.15) is 36.9 Å². The fraction of sp³-hybridized carbons (Fsp3) is 0.571. The Bertz CT molecular complexity index is 542. The first kappa shape index (κ1) is 13.2. The van der Waals surface area contributed by atoms with Crippen LogP contribution < -0.4 is 5.32 Å². The highest BCUT2D eigenvalue weighted by Crippen LogP contribution is 2.46. The van der Waals surface area contributed by atoms with Gasteiger partial charge in [0.15, 0.2) is 0 Å². The predicted molar refractivity (Wildman–Crippen MR) is 66.8 cm³/mol. The minimum absolute atomic E-state index is 0.0751. The van der Waals surface area contributed by atoms with Crippen molar-refractivity contribution in [1.82, 2.24) is 4.98 Å². The molecule has 0 radical (unpaired) electrons. The summed E-state index contributed by atoms with van der Waals surface area (Å²) < 4.78 is 38.1. The summed E-state index contributed by atoms with van der Waals surface area (Å²) in [4.78, 5) is 3.62. The van der Waals surface area contributed by atoms with Gasteiger partial charge in [0.2, 0.25) is 0 Å². The van der Waals surface area contributed by atoms with E-state index in [1.54, 1.807) is 0 Å². The third-order valence-electron chi connectivity index (χ3n) is 3.87. The highest BCUT2D eigenvalue weighted by molar-refractivity contribution is 5.53. The smallest absolute Gasteiger partial charge is 0.366 e. The first-order valence-corrected chi connectivity index (χ1v) is 6.74. The first-order valence-electron chi connectivity index (χ1n) is 6.74. The van der Waals surface area contributed by atoms with Crippen LogP contribution in [-0.4, -0.2) is 11.0 Å². The second-order valence-electron chi connectivity index (χ2n) is 5.55. The molecule has 2 aliphatic rings. The molecule has 1 aromatic heterocycles. The molecule has 20 heavy (non-hydrogen) atoms. The number of rotatable bonds is 4. The van der Waals surface area contributed by atoms with Gasteiger partial charge in [0.05, 0.1) is 5.56 Å². The molecule has 0 saturated heterocycles. The van der Waals surface area contributed by atoms with Crippen molar-refractivity contribution in [2.45, 2.75) is 37.9 Å². The molecule has 3 rings (SSSR count). The van der Waals surface area contributed by atoms with Crippen LogP contribution >= 0.6 is 0 Å². The molecule has 1 N–H and O–H groups in total. The van der Waals surface area contributed by atoms with Crippen LogP contribution in [0.25, 0.3) is 0 Å². The molecule has 0 aliphatic heterocycles. The maximum Gasteiger partial charge on any atom is 0.433 e. The van der Waals surface area contributed by atoms with E-state index in [1.165, 1.54) is 6.07 Å². The summed E-state index contributed by atoms with van der Waals surface area (Å²) in [7, 11) is 0. The molecule has 6 heteroatoms. The number of halogens is 3. The summed E-state index contributed by atoms with van der Waals surface area (Å²) in [5.74, 6) is 1.11. The van der Waals surface area contributed by atoms with Gasteiger partial charge in [-0.2, -0.15) is 18.4 Å². The standard InChI is InChI=1S/C14H14F3N3/c15-14(16,17)11-6-5-10(7-18)13(19-11)20-12(8-1-2-8)9-3-4-9/h5-6,8-9,12H,1-4H2,(H,19,20). The maximum atomic E-state index is 12.7. The lowest BCUT2D eigenvalue weighted by atomic mass is 10.1. The number of nitrogens with zero attached hydrogens (tertiary/aromatic N) is 2. The van der Waals surface area contributed by atoms with E-state index in [4.69, 9.17) is 5.26 Å². The van der Waals surface area contributed by atoms with E-state index < -0.39 is 11.9 Å². The Morgan fingerprint density at radius 3 is 2.25 bits per heavy atom. The molecule has 0 atom stereocenters. The van der Waals surface area contributed by atoms with Gasteiger partial charge in [0, 0.05) is 6.04 Å². The Morgan fingerprint density at radius 2 is 1.80 bits per heavy atom. The number of alkyl halides is 3. The molecule has 0 bridgehead atoms. The van der Waals surface area contributed by atoms with E-state index in [0.717, 1.165) is 31.7 Å². The number of nitriles is 1. The summed E-state index contributed by atoms with van der Waals surface area (Å²) >= 11 is 0. The Morgan fingerprint density at radius 1 is 1.20 bits per heavy atom. The van der Waals surface area contributed by atoms with Crippen LogP contribution in [0.4, 0.5) is 19.0 Å². The largest absolute Gasteiger partial charge is 0.433 e. The third kappa shape index (κ3) is 2.72. The first-order chi connectivity index (χ1) is 9.49. The number of hydrogen-bond acceptors (Lipinski definition) is 3. The van der Waals surface area contributed by atoms with Crippen LogP contribution in [0.2, 0.25) is 0 Å². The molecule has 2 aliphatic carbocycles. The topological polar surface area (TPSA) is 48.7 Å². The maximum absolute atomic E-state index is 12.7. The van der Waals surface area contributed by atoms with Gasteiger partial charge >= 0.3 is 6.18 Å². The molecular weight excluding hydrogens is 267 g/mol. The molecule has 0 unspecified atom stereocenters. The zero-order valence-corrected chi connectivity index (χ0v) is 10.7. The molecule has 106 valence electrons. The lowest BCUT2D eigenvalue weighted by Crippen LogP contribution is -2.26. The minimum Gasteiger partial charge on any atom is -0.366 e. The van der Waals surface area contributed by atoms with Crippen molar-refractivity contribution in [1.29, 1.82) is 5.26 Å². The van der Waals surface area contributed by atoms with Crippen molar-refractivity contribution in [2.75, 3.05) is 5.32 Å². The molecule has 2 fully saturated rings. The Hall–Kier alpha value is -1.77. The lowest BCUT2D eigenvalue weighted by Gasteiger charge is -2.20. The fourth-order valence-electron chi connectivity index (χ4n) is 2.51. The summed E-state index contributed by atoms with van der Waals surface area (Å²) in [5.41, 5.74) is -0.784. The van der Waals surface area contributed by atoms with Gasteiger partial charge in [-0.3, -0.25) is 0 Å². The van der Waals surface area contributed by atoms with Crippen molar-refractivity contribution in [3.05, 3.63) is 23.4 Å². The molecule has 1 aromatic rings. The second-order valence-corrected chi connectivity index (χ2v) is 5.55. The van der Waals surface area contributed by atoms with Gasteiger partial charge in [0.1, 0.15) is 17.6 Å². The van der Waals surface area contributed by atoms with Crippen LogP contribution in [0.15, 0.2) is 12.1 Å². The highest BCUT2D eigenvalue weighted by Gasteiger charge is 2.42. The van der Waals surface area contributed by atoms with Crippen LogP contribution in [0, 0.1) is 23.2 Å². The normalized spacial score (nSPS) is 18.9. The average molecular weight is 281 g/mol. The van der Waals surface area contributed by atoms with E-state index in [2.05, 4.69) is 10.3 Å². The summed E-state index contributed by atoms with van der Waals surface area (Å²) in [5, 5.41) is 12.1. The van der Waals surface area contributed by atoms with E-state index >= 15 is 0 Å². The van der Waals surface area contributed by atoms with Crippen molar-refractivity contribution >= 4 is 5.82 Å². The molecule has 2 saturated carbocycles. The van der Waals surface area contributed by atoms with Gasteiger partial charge in [-0.1, -0.05) is 0 Å². The van der Waals surface area contributed by atoms with E-state index in [9.17, 15) is 13.2 Å². The molecule has 0 amide bonds. The quantitative estimate of drug-likeness (QED) is 0.917. The highest BCUT2D eigenvalue weighted by atomic mass is 19.4. The van der Waals surface area contributed by atoms with Crippen LogP contribution in [-0.2, 0) is 6.18 Å². The minimum atomic E-state index is -4.49. The van der Waals surface area contributed by atoms with Crippen molar-refractivity contribution in [2.24, 2.45) is 11.8 Å². The van der Waals surface area contributed by atoms with Crippen molar-refractivity contribution in [3.63, 3.8) is 0 Å². The molecule has 0 aromatic carbocycles. The average Bonchev–Trinajstić information content (AvgIpc) is 3.27. The predicted octanol–water partition coefficient (Wildman–Crippen LogP) is 3.57.